The minimum absolute atomic E-state index is 0.0668. The molecule has 0 amide bonds. The van der Waals surface area contributed by atoms with Crippen molar-refractivity contribution in [2.45, 2.75) is 368 Å². The molecule has 10 aromatic rings. The third-order valence-corrected chi connectivity index (χ3v) is 28.6. The quantitative estimate of drug-likeness (QED) is 0.0305. The highest BCUT2D eigenvalue weighted by Gasteiger charge is 2.45. The van der Waals surface area contributed by atoms with E-state index in [1.165, 1.54) is 390 Å². The van der Waals surface area contributed by atoms with E-state index in [4.69, 9.17) is 4.74 Å². The number of aryl methyl sites for hydroxylation is 3. The number of nitrogens with zero attached hydrogens (tertiary/aromatic N) is 1. The minimum Gasteiger partial charge on any atom is -0.496 e. The number of methoxy groups -OCH3 is 1. The molecule has 586 valence electrons. The summed E-state index contributed by atoms with van der Waals surface area (Å²) >= 11 is 4.05. The molecule has 0 spiro atoms. The Balaban J connectivity index is 0.972. The van der Waals surface area contributed by atoms with Gasteiger partial charge in [-0.15, -0.1) is 22.7 Å². The van der Waals surface area contributed by atoms with E-state index >= 15 is 0 Å². The predicted octanol–water partition coefficient (Wildman–Crippen LogP) is 33.9. The molecule has 0 atom stereocenters. The lowest BCUT2D eigenvalue weighted by molar-refractivity contribution is 0.283. The maximum absolute atomic E-state index is 12.0. The highest BCUT2D eigenvalue weighted by molar-refractivity contribution is 7.29. The molecular weight excluding hydrogens is 1360 g/mol. The fraction of sp³-hybridized carbons (Fsp3) is 0.558. The van der Waals surface area contributed by atoms with Crippen LogP contribution in [-0.2, 0) is 24.0 Å². The summed E-state index contributed by atoms with van der Waals surface area (Å²) in [6.07, 6.45) is 60.4. The summed E-state index contributed by atoms with van der Waals surface area (Å²) in [5, 5.41) is 16.7. The minimum atomic E-state index is -0.164. The lowest BCUT2D eigenvalue weighted by Crippen LogP contribution is -2.25. The lowest BCUT2D eigenvalue weighted by atomic mass is 9.69. The molecule has 7 aromatic carbocycles. The van der Waals surface area contributed by atoms with Crippen LogP contribution in [0.3, 0.4) is 0 Å². The Morgan fingerprint density at radius 3 is 1.13 bits per heavy atom. The van der Waals surface area contributed by atoms with Gasteiger partial charge in [0.25, 0.3) is 0 Å². The Labute approximate surface area is 669 Å². The van der Waals surface area contributed by atoms with Crippen molar-refractivity contribution in [2.75, 3.05) is 7.11 Å². The molecular formula is C104H141NO2S2. The highest BCUT2D eigenvalue weighted by Crippen LogP contribution is 2.60. The van der Waals surface area contributed by atoms with E-state index in [1.54, 1.807) is 11.1 Å². The Hall–Kier alpha value is -5.98. The molecule has 0 bridgehead atoms. The number of aromatic nitrogens is 1. The van der Waals surface area contributed by atoms with Crippen LogP contribution in [0.25, 0.3) is 96.9 Å². The van der Waals surface area contributed by atoms with Crippen LogP contribution in [-0.4, -0.2) is 16.8 Å². The highest BCUT2D eigenvalue weighted by atomic mass is 32.1. The molecule has 5 heteroatoms. The molecule has 12 rings (SSSR count). The SMILES string of the molecule is CCCCCCCCCCCCn1c2cc(C)sc2c2sc(-c3ccc4c(c3)C(CCCCCCCCCC)(CCCCCCCCCC)c3cc(-c5c6ccccc6c(-c6ccc7c(c6)C(CCCCCCCCCC)(CCCCCCCCCC)c6cc(C)ccc6-7)c6c(CO)ccc(OC)c56)ccc3-4)cc21. The fourth-order valence-electron chi connectivity index (χ4n) is 20.3. The molecule has 2 aliphatic carbocycles. The van der Waals surface area contributed by atoms with Crippen molar-refractivity contribution in [2.24, 2.45) is 0 Å². The smallest absolute Gasteiger partial charge is 0.127 e. The van der Waals surface area contributed by atoms with Crippen LogP contribution in [0, 0.1) is 13.8 Å². The van der Waals surface area contributed by atoms with E-state index in [2.05, 4.69) is 186 Å². The third kappa shape index (κ3) is 19.3. The summed E-state index contributed by atoms with van der Waals surface area (Å²) in [6, 6.07) is 49.4. The number of ether oxygens (including phenoxy) is 1. The van der Waals surface area contributed by atoms with Gasteiger partial charge in [0, 0.05) is 38.1 Å². The molecule has 0 saturated heterocycles. The third-order valence-electron chi connectivity index (χ3n) is 26.2. The van der Waals surface area contributed by atoms with Crippen molar-refractivity contribution in [1.82, 2.24) is 4.57 Å². The second kappa shape index (κ2) is 41.7. The van der Waals surface area contributed by atoms with Crippen LogP contribution in [0.5, 0.6) is 5.75 Å². The molecule has 0 saturated carbocycles. The van der Waals surface area contributed by atoms with E-state index in [0.717, 1.165) is 41.5 Å². The normalized spacial score (nSPS) is 13.4. The Morgan fingerprint density at radius 2 is 0.706 bits per heavy atom. The van der Waals surface area contributed by atoms with Crippen LogP contribution >= 0.6 is 22.7 Å². The Morgan fingerprint density at radius 1 is 0.349 bits per heavy atom. The Bertz CT molecular complexity index is 4450. The van der Waals surface area contributed by atoms with Gasteiger partial charge in [-0.1, -0.05) is 388 Å². The summed E-state index contributed by atoms with van der Waals surface area (Å²) in [6.45, 7) is 17.3. The summed E-state index contributed by atoms with van der Waals surface area (Å²) in [7, 11) is 1.87. The van der Waals surface area contributed by atoms with Gasteiger partial charge in [0.1, 0.15) is 5.75 Å². The Kier molecular flexibility index (Phi) is 31.5. The first-order valence-corrected chi connectivity index (χ1v) is 47.0. The summed E-state index contributed by atoms with van der Waals surface area (Å²) < 4.78 is 12.4. The molecule has 3 nitrogen and oxygen atoms in total. The molecule has 2 aliphatic rings. The van der Waals surface area contributed by atoms with E-state index < -0.39 is 0 Å². The predicted molar refractivity (Wildman–Crippen MR) is 482 cm³/mol. The molecule has 109 heavy (non-hydrogen) atoms. The second-order valence-corrected chi connectivity index (χ2v) is 36.6. The van der Waals surface area contributed by atoms with Gasteiger partial charge >= 0.3 is 0 Å². The fourth-order valence-corrected chi connectivity index (χ4v) is 22.6. The molecule has 3 heterocycles. The summed E-state index contributed by atoms with van der Waals surface area (Å²) in [5.41, 5.74) is 23.2. The van der Waals surface area contributed by atoms with Crippen molar-refractivity contribution in [3.8, 4) is 60.7 Å². The number of rotatable bonds is 52. The van der Waals surface area contributed by atoms with Crippen molar-refractivity contribution in [1.29, 1.82) is 0 Å². The monoisotopic (exact) mass is 1500 g/mol. The summed E-state index contributed by atoms with van der Waals surface area (Å²) in [5.74, 6) is 0.865. The van der Waals surface area contributed by atoms with Crippen molar-refractivity contribution < 1.29 is 9.84 Å². The first kappa shape index (κ1) is 82.5. The van der Waals surface area contributed by atoms with Crippen LogP contribution < -0.4 is 4.74 Å². The summed E-state index contributed by atoms with van der Waals surface area (Å²) in [4.78, 5) is 2.83. The molecule has 0 aliphatic heterocycles. The van der Waals surface area contributed by atoms with Gasteiger partial charge in [0.15, 0.2) is 0 Å². The number of benzene rings is 7. The van der Waals surface area contributed by atoms with Gasteiger partial charge in [-0.2, -0.15) is 0 Å². The zero-order valence-corrected chi connectivity index (χ0v) is 71.2. The number of hydrogen-bond donors (Lipinski definition) is 1. The van der Waals surface area contributed by atoms with E-state index in [0.29, 0.717) is 0 Å². The average Bonchev–Trinajstić information content (AvgIpc) is 1.69. The van der Waals surface area contributed by atoms with Gasteiger partial charge in [0.05, 0.1) is 34.1 Å². The number of hydrogen-bond acceptors (Lipinski definition) is 4. The standard InChI is InChI=1S/C104H141NO2S2/c1-9-14-19-24-29-34-35-40-45-52-69-105-93-71-78(7)108-101(93)102-94(105)75-96(109-102)79-56-61-84-86-63-58-81(74-92(86)104(90(84)72-79,67-50-43-38-32-27-22-17-12-4)68-51-44-39-33-28-23-18-13-5)98-88-54-47-46-53-87(88)97(99-82(76-106)59-64-95(107-8)100(98)99)80-57-62-85-83-60-55-77(6)70-89(83)103(91(85)73-80,65-48-41-36-30-25-20-15-10-2)66-49-42-37-31-26-21-16-11-3/h46-47,53-64,70-75,106H,9-45,48-52,65-69,76H2,1-8H3. The van der Waals surface area contributed by atoms with E-state index in [-0.39, 0.29) is 17.4 Å². The van der Waals surface area contributed by atoms with Crippen LogP contribution in [0.15, 0.2) is 121 Å². The van der Waals surface area contributed by atoms with Crippen molar-refractivity contribution in [3.63, 3.8) is 0 Å². The maximum atomic E-state index is 12.0. The van der Waals surface area contributed by atoms with Crippen molar-refractivity contribution >= 4 is 64.7 Å². The van der Waals surface area contributed by atoms with Gasteiger partial charge in [0.2, 0.25) is 0 Å². The number of thiophene rings is 2. The number of aliphatic hydroxyl groups is 1. The van der Waals surface area contributed by atoms with Crippen LogP contribution in [0.2, 0.25) is 0 Å². The molecule has 0 fully saturated rings. The number of fused-ring (bicyclic) bond motifs is 11. The van der Waals surface area contributed by atoms with E-state index in [9.17, 15) is 5.11 Å². The molecule has 0 radical (unpaired) electrons. The number of aliphatic hydroxyl groups excluding tert-OH is 1. The van der Waals surface area contributed by atoms with Gasteiger partial charge in [-0.3, -0.25) is 0 Å². The first-order chi connectivity index (χ1) is 53.7. The topological polar surface area (TPSA) is 34.4 Å². The second-order valence-electron chi connectivity index (χ2n) is 34.3. The largest absolute Gasteiger partial charge is 0.496 e. The van der Waals surface area contributed by atoms with Gasteiger partial charge in [-0.25, -0.2) is 0 Å². The zero-order chi connectivity index (χ0) is 75.8. The van der Waals surface area contributed by atoms with Crippen LogP contribution in [0.4, 0.5) is 0 Å². The molecule has 0 unspecified atom stereocenters. The molecule has 1 N–H and O–H groups in total. The molecule has 3 aromatic heterocycles. The lowest BCUT2D eigenvalue weighted by Gasteiger charge is -2.34. The maximum Gasteiger partial charge on any atom is 0.127 e. The van der Waals surface area contributed by atoms with Gasteiger partial charge < -0.3 is 14.4 Å². The first-order valence-electron chi connectivity index (χ1n) is 45.4. The number of unbranched alkanes of at least 4 members (excludes halogenated alkanes) is 37. The van der Waals surface area contributed by atoms with E-state index in [1.807, 2.05) is 18.4 Å². The van der Waals surface area contributed by atoms with Crippen LogP contribution in [0.1, 0.15) is 368 Å². The van der Waals surface area contributed by atoms with Crippen molar-refractivity contribution in [3.05, 3.63) is 160 Å². The van der Waals surface area contributed by atoms with Gasteiger partial charge in [-0.05, 0) is 171 Å². The average molecular weight is 1500 g/mol. The zero-order valence-electron chi connectivity index (χ0n) is 69.6.